The second kappa shape index (κ2) is 6.43. The number of nitro benzene ring substituents is 1. The number of anilines is 1. The van der Waals surface area contributed by atoms with Crippen LogP contribution in [0.15, 0.2) is 18.2 Å². The van der Waals surface area contributed by atoms with Crippen molar-refractivity contribution in [2.45, 2.75) is 39.8 Å². The van der Waals surface area contributed by atoms with Crippen molar-refractivity contribution in [3.8, 4) is 0 Å². The van der Waals surface area contributed by atoms with E-state index in [1.165, 1.54) is 6.42 Å². The van der Waals surface area contributed by atoms with Gasteiger partial charge in [0.15, 0.2) is 0 Å². The minimum atomic E-state index is -0.319. The Kier molecular flexibility index (Phi) is 4.83. The van der Waals surface area contributed by atoms with E-state index in [0.29, 0.717) is 23.6 Å². The Morgan fingerprint density at radius 1 is 1.38 bits per heavy atom. The van der Waals surface area contributed by atoms with E-state index in [9.17, 15) is 10.1 Å². The van der Waals surface area contributed by atoms with Crippen LogP contribution in [0, 0.1) is 22.0 Å². The summed E-state index contributed by atoms with van der Waals surface area (Å²) >= 11 is 0. The number of hydrogen-bond acceptors (Lipinski definition) is 4. The first kappa shape index (κ1) is 15.8. The fraction of sp³-hybridized carbons (Fsp3) is 0.625. The van der Waals surface area contributed by atoms with Crippen LogP contribution in [-0.2, 0) is 6.54 Å². The van der Waals surface area contributed by atoms with Gasteiger partial charge in [0.25, 0.3) is 5.69 Å². The molecule has 5 nitrogen and oxygen atoms in total. The van der Waals surface area contributed by atoms with Gasteiger partial charge in [-0.15, -0.1) is 0 Å². The molecule has 1 heterocycles. The molecule has 0 aromatic heterocycles. The molecule has 0 bridgehead atoms. The predicted octanol–water partition coefficient (Wildman–Crippen LogP) is 3.50. The zero-order valence-corrected chi connectivity index (χ0v) is 13.3. The first-order valence-corrected chi connectivity index (χ1v) is 7.62. The Bertz CT molecular complexity index is 518. The molecule has 0 amide bonds. The van der Waals surface area contributed by atoms with Crippen LogP contribution >= 0.6 is 0 Å². The molecule has 1 saturated heterocycles. The lowest BCUT2D eigenvalue weighted by Gasteiger charge is -2.41. The summed E-state index contributed by atoms with van der Waals surface area (Å²) in [5.74, 6) is 1.33. The minimum absolute atomic E-state index is 0.153. The van der Waals surface area contributed by atoms with Crippen molar-refractivity contribution in [2.24, 2.45) is 11.8 Å². The van der Waals surface area contributed by atoms with Gasteiger partial charge in [-0.2, -0.15) is 0 Å². The first-order chi connectivity index (χ1) is 9.93. The summed E-state index contributed by atoms with van der Waals surface area (Å²) in [6.07, 6.45) is 1.26. The average molecular weight is 291 g/mol. The Labute approximate surface area is 126 Å². The maximum absolute atomic E-state index is 11.1. The van der Waals surface area contributed by atoms with E-state index in [1.54, 1.807) is 19.2 Å². The normalized spacial score (nSPS) is 26.6. The summed E-state index contributed by atoms with van der Waals surface area (Å²) < 4.78 is 0. The molecular weight excluding hydrogens is 266 g/mol. The van der Waals surface area contributed by atoms with E-state index in [0.717, 1.165) is 18.7 Å². The van der Waals surface area contributed by atoms with E-state index < -0.39 is 0 Å². The predicted molar refractivity (Wildman–Crippen MR) is 85.5 cm³/mol. The van der Waals surface area contributed by atoms with Crippen LogP contribution in [0.1, 0.15) is 32.8 Å². The number of piperidine rings is 1. The highest BCUT2D eigenvalue weighted by molar-refractivity contribution is 5.66. The maximum Gasteiger partial charge on any atom is 0.292 e. The monoisotopic (exact) mass is 291 g/mol. The Hall–Kier alpha value is -1.62. The van der Waals surface area contributed by atoms with E-state index >= 15 is 0 Å². The highest BCUT2D eigenvalue weighted by atomic mass is 16.6. The molecule has 0 radical (unpaired) electrons. The maximum atomic E-state index is 11.1. The van der Waals surface area contributed by atoms with Crippen LogP contribution in [0.5, 0.6) is 0 Å². The summed E-state index contributed by atoms with van der Waals surface area (Å²) in [6, 6.07) is 5.82. The molecule has 0 aliphatic carbocycles. The smallest absolute Gasteiger partial charge is 0.292 e. The molecule has 3 unspecified atom stereocenters. The van der Waals surface area contributed by atoms with Crippen molar-refractivity contribution in [1.29, 1.82) is 0 Å². The molecule has 1 aromatic carbocycles. The molecule has 0 saturated carbocycles. The van der Waals surface area contributed by atoms with Crippen molar-refractivity contribution < 1.29 is 4.92 Å². The fourth-order valence-corrected chi connectivity index (χ4v) is 3.42. The molecule has 116 valence electrons. The van der Waals surface area contributed by atoms with Gasteiger partial charge >= 0.3 is 0 Å². The summed E-state index contributed by atoms with van der Waals surface area (Å²) in [6.45, 7) is 8.64. The van der Waals surface area contributed by atoms with Crippen LogP contribution in [0.25, 0.3) is 0 Å². The molecule has 0 spiro atoms. The van der Waals surface area contributed by atoms with Gasteiger partial charge in [-0.1, -0.05) is 26.0 Å². The van der Waals surface area contributed by atoms with Gasteiger partial charge in [-0.3, -0.25) is 15.0 Å². The largest absolute Gasteiger partial charge is 0.382 e. The number of nitro groups is 1. The number of likely N-dealkylation sites (tertiary alicyclic amines) is 1. The Balaban J connectivity index is 2.26. The number of hydrogen-bond donors (Lipinski definition) is 1. The van der Waals surface area contributed by atoms with Gasteiger partial charge in [0.1, 0.15) is 5.69 Å². The SMILES string of the molecule is CNc1c(CN2CC(C)CC(C)C2C)cccc1[N+](=O)[O-]. The van der Waals surface area contributed by atoms with Gasteiger partial charge in [0, 0.05) is 32.2 Å². The highest BCUT2D eigenvalue weighted by Gasteiger charge is 2.29. The van der Waals surface area contributed by atoms with Gasteiger partial charge in [0.05, 0.1) is 4.92 Å². The highest BCUT2D eigenvalue weighted by Crippen LogP contribution is 2.32. The molecule has 1 fully saturated rings. The molecule has 2 rings (SSSR count). The zero-order chi connectivity index (χ0) is 15.6. The van der Waals surface area contributed by atoms with Gasteiger partial charge < -0.3 is 5.32 Å². The van der Waals surface area contributed by atoms with E-state index in [2.05, 4.69) is 31.0 Å². The number of nitrogens with one attached hydrogen (secondary N) is 1. The van der Waals surface area contributed by atoms with Gasteiger partial charge in [0.2, 0.25) is 0 Å². The molecule has 1 N–H and O–H groups in total. The first-order valence-electron chi connectivity index (χ1n) is 7.62. The summed E-state index contributed by atoms with van der Waals surface area (Å²) in [5, 5.41) is 14.1. The van der Waals surface area contributed by atoms with Crippen molar-refractivity contribution in [3.05, 3.63) is 33.9 Å². The number of benzene rings is 1. The van der Waals surface area contributed by atoms with Crippen molar-refractivity contribution in [1.82, 2.24) is 4.90 Å². The third-order valence-corrected chi connectivity index (χ3v) is 4.67. The van der Waals surface area contributed by atoms with Gasteiger partial charge in [-0.25, -0.2) is 0 Å². The lowest BCUT2D eigenvalue weighted by molar-refractivity contribution is -0.384. The number of rotatable bonds is 4. The van der Waals surface area contributed by atoms with Crippen molar-refractivity contribution in [2.75, 3.05) is 18.9 Å². The second-order valence-electron chi connectivity index (χ2n) is 6.31. The van der Waals surface area contributed by atoms with Crippen LogP contribution in [0.2, 0.25) is 0 Å². The topological polar surface area (TPSA) is 58.4 Å². The van der Waals surface area contributed by atoms with E-state index in [4.69, 9.17) is 0 Å². The quantitative estimate of drug-likeness (QED) is 0.681. The Morgan fingerprint density at radius 3 is 2.71 bits per heavy atom. The molecule has 1 aliphatic heterocycles. The molecule has 1 aromatic rings. The number of nitrogens with zero attached hydrogens (tertiary/aromatic N) is 2. The van der Waals surface area contributed by atoms with Crippen molar-refractivity contribution >= 4 is 11.4 Å². The van der Waals surface area contributed by atoms with Crippen molar-refractivity contribution in [3.63, 3.8) is 0 Å². The van der Waals surface area contributed by atoms with E-state index in [-0.39, 0.29) is 10.6 Å². The molecule has 1 aliphatic rings. The lowest BCUT2D eigenvalue weighted by atomic mass is 9.85. The molecule has 21 heavy (non-hydrogen) atoms. The standard InChI is InChI=1S/C16H25N3O2/c1-11-8-12(2)13(3)18(9-11)10-14-6-5-7-15(19(20)21)16(14)17-4/h5-7,11-13,17H,8-10H2,1-4H3. The third kappa shape index (κ3) is 3.35. The third-order valence-electron chi connectivity index (χ3n) is 4.67. The zero-order valence-electron chi connectivity index (χ0n) is 13.3. The fourth-order valence-electron chi connectivity index (χ4n) is 3.42. The Morgan fingerprint density at radius 2 is 2.10 bits per heavy atom. The summed E-state index contributed by atoms with van der Waals surface area (Å²) in [7, 11) is 1.75. The van der Waals surface area contributed by atoms with Gasteiger partial charge in [-0.05, 0) is 30.7 Å². The molecular formula is C16H25N3O2. The number of para-hydroxylation sites is 1. The van der Waals surface area contributed by atoms with Crippen LogP contribution in [-0.4, -0.2) is 29.5 Å². The molecule has 3 atom stereocenters. The summed E-state index contributed by atoms with van der Waals surface area (Å²) in [5.41, 5.74) is 1.79. The molecule has 5 heteroatoms. The van der Waals surface area contributed by atoms with Crippen LogP contribution < -0.4 is 5.32 Å². The van der Waals surface area contributed by atoms with E-state index in [1.807, 2.05) is 6.07 Å². The summed E-state index contributed by atoms with van der Waals surface area (Å²) in [4.78, 5) is 13.3. The second-order valence-corrected chi connectivity index (χ2v) is 6.31. The van der Waals surface area contributed by atoms with Crippen LogP contribution in [0.3, 0.4) is 0 Å². The minimum Gasteiger partial charge on any atom is -0.382 e. The van der Waals surface area contributed by atoms with Crippen LogP contribution in [0.4, 0.5) is 11.4 Å². The average Bonchev–Trinajstić information content (AvgIpc) is 2.43. The lowest BCUT2D eigenvalue weighted by Crippen LogP contribution is -2.45.